The first-order valence-corrected chi connectivity index (χ1v) is 6.67. The maximum Gasteiger partial charge on any atom is 0.00388 e. The topological polar surface area (TPSA) is 26.0 Å². The summed E-state index contributed by atoms with van der Waals surface area (Å²) in [6, 6.07) is 11.4. The molecule has 1 aromatic carbocycles. The van der Waals surface area contributed by atoms with Gasteiger partial charge in [0.2, 0.25) is 0 Å². The molecule has 2 N–H and O–H groups in total. The molecule has 88 valence electrons. The van der Waals surface area contributed by atoms with Crippen molar-refractivity contribution in [1.29, 1.82) is 0 Å². The standard InChI is InChI=1S/C15H23N/c16-15-11-5-4-9-14(10-6-12-15)13-7-2-1-3-8-13/h1-3,7-8,14-15H,4-6,9-12,16H2. The predicted octanol–water partition coefficient (Wildman–Crippen LogP) is 3.84. The molecule has 0 heterocycles. The first-order chi connectivity index (χ1) is 7.86. The molecule has 0 aliphatic heterocycles. The summed E-state index contributed by atoms with van der Waals surface area (Å²) in [5.41, 5.74) is 7.58. The second kappa shape index (κ2) is 6.05. The molecule has 0 radical (unpaired) electrons. The first-order valence-electron chi connectivity index (χ1n) is 6.67. The molecule has 0 bridgehead atoms. The second-order valence-corrected chi connectivity index (χ2v) is 5.08. The number of nitrogens with two attached hydrogens (primary N) is 1. The SMILES string of the molecule is NC1CCCCC(c2ccccc2)CCC1. The van der Waals surface area contributed by atoms with Crippen LogP contribution in [0.3, 0.4) is 0 Å². The zero-order valence-corrected chi connectivity index (χ0v) is 10.1. The molecule has 1 nitrogen and oxygen atoms in total. The van der Waals surface area contributed by atoms with Crippen LogP contribution < -0.4 is 5.73 Å². The van der Waals surface area contributed by atoms with Crippen LogP contribution in [-0.2, 0) is 0 Å². The highest BCUT2D eigenvalue weighted by Gasteiger charge is 2.14. The Morgan fingerprint density at radius 3 is 2.25 bits per heavy atom. The number of hydrogen-bond acceptors (Lipinski definition) is 1. The van der Waals surface area contributed by atoms with E-state index in [1.165, 1.54) is 50.5 Å². The minimum absolute atomic E-state index is 0.453. The van der Waals surface area contributed by atoms with Gasteiger partial charge in [0.1, 0.15) is 0 Å². The maximum absolute atomic E-state index is 6.06. The van der Waals surface area contributed by atoms with E-state index in [-0.39, 0.29) is 0 Å². The Labute approximate surface area is 99.0 Å². The van der Waals surface area contributed by atoms with E-state index in [2.05, 4.69) is 30.3 Å². The van der Waals surface area contributed by atoms with Crippen molar-refractivity contribution in [2.45, 2.75) is 56.9 Å². The Morgan fingerprint density at radius 1 is 0.812 bits per heavy atom. The molecule has 0 saturated heterocycles. The zero-order chi connectivity index (χ0) is 11.2. The van der Waals surface area contributed by atoms with Crippen molar-refractivity contribution in [2.75, 3.05) is 0 Å². The quantitative estimate of drug-likeness (QED) is 0.760. The number of benzene rings is 1. The van der Waals surface area contributed by atoms with Crippen LogP contribution in [0.5, 0.6) is 0 Å². The highest BCUT2D eigenvalue weighted by Crippen LogP contribution is 2.29. The molecule has 1 aromatic rings. The fourth-order valence-electron chi connectivity index (χ4n) is 2.77. The van der Waals surface area contributed by atoms with E-state index in [1.54, 1.807) is 0 Å². The van der Waals surface area contributed by atoms with Crippen molar-refractivity contribution in [1.82, 2.24) is 0 Å². The van der Waals surface area contributed by atoms with Gasteiger partial charge in [-0.1, -0.05) is 49.6 Å². The van der Waals surface area contributed by atoms with Crippen LogP contribution in [0.15, 0.2) is 30.3 Å². The average Bonchev–Trinajstić information content (AvgIpc) is 2.42. The van der Waals surface area contributed by atoms with Gasteiger partial charge in [0, 0.05) is 6.04 Å². The summed E-state index contributed by atoms with van der Waals surface area (Å²) in [5.74, 6) is 0.770. The third-order valence-electron chi connectivity index (χ3n) is 3.78. The van der Waals surface area contributed by atoms with Crippen LogP contribution in [0, 0.1) is 0 Å². The molecule has 1 aliphatic carbocycles. The lowest BCUT2D eigenvalue weighted by atomic mass is 9.90. The van der Waals surface area contributed by atoms with Gasteiger partial charge in [-0.25, -0.2) is 0 Å². The van der Waals surface area contributed by atoms with Gasteiger partial charge in [-0.15, -0.1) is 0 Å². The summed E-state index contributed by atoms with van der Waals surface area (Å²) < 4.78 is 0. The van der Waals surface area contributed by atoms with Gasteiger partial charge >= 0.3 is 0 Å². The number of hydrogen-bond donors (Lipinski definition) is 1. The molecule has 1 heteroatoms. The van der Waals surface area contributed by atoms with E-state index < -0.39 is 0 Å². The minimum atomic E-state index is 0.453. The van der Waals surface area contributed by atoms with Gasteiger partial charge < -0.3 is 5.73 Å². The largest absolute Gasteiger partial charge is 0.328 e. The Morgan fingerprint density at radius 2 is 1.44 bits per heavy atom. The van der Waals surface area contributed by atoms with Crippen LogP contribution in [-0.4, -0.2) is 6.04 Å². The predicted molar refractivity (Wildman–Crippen MR) is 69.5 cm³/mol. The molecular weight excluding hydrogens is 194 g/mol. The van der Waals surface area contributed by atoms with E-state index in [1.807, 2.05) is 0 Å². The monoisotopic (exact) mass is 217 g/mol. The normalized spacial score (nSPS) is 27.8. The molecule has 0 spiro atoms. The van der Waals surface area contributed by atoms with E-state index in [4.69, 9.17) is 5.73 Å². The lowest BCUT2D eigenvalue weighted by Gasteiger charge is -2.16. The van der Waals surface area contributed by atoms with Gasteiger partial charge in [-0.3, -0.25) is 0 Å². The zero-order valence-electron chi connectivity index (χ0n) is 10.1. The van der Waals surface area contributed by atoms with Crippen LogP contribution in [0.25, 0.3) is 0 Å². The average molecular weight is 217 g/mol. The fraction of sp³-hybridized carbons (Fsp3) is 0.600. The summed E-state index contributed by atoms with van der Waals surface area (Å²) in [7, 11) is 0. The van der Waals surface area contributed by atoms with Crippen molar-refractivity contribution in [3.8, 4) is 0 Å². The summed E-state index contributed by atoms with van der Waals surface area (Å²) in [6.07, 6.45) is 9.04. The lowest BCUT2D eigenvalue weighted by Crippen LogP contribution is -2.18. The Hall–Kier alpha value is -0.820. The van der Waals surface area contributed by atoms with Gasteiger partial charge in [0.15, 0.2) is 0 Å². The van der Waals surface area contributed by atoms with Crippen molar-refractivity contribution in [3.63, 3.8) is 0 Å². The van der Waals surface area contributed by atoms with Crippen molar-refractivity contribution in [3.05, 3.63) is 35.9 Å². The Kier molecular flexibility index (Phi) is 4.41. The molecule has 0 amide bonds. The Bertz CT molecular complexity index is 294. The van der Waals surface area contributed by atoms with Crippen LogP contribution in [0.2, 0.25) is 0 Å². The lowest BCUT2D eigenvalue weighted by molar-refractivity contribution is 0.525. The van der Waals surface area contributed by atoms with Crippen molar-refractivity contribution in [2.24, 2.45) is 5.73 Å². The summed E-state index contributed by atoms with van der Waals surface area (Å²) in [5, 5.41) is 0. The van der Waals surface area contributed by atoms with Gasteiger partial charge in [0.05, 0.1) is 0 Å². The van der Waals surface area contributed by atoms with Gasteiger partial charge in [-0.05, 0) is 37.2 Å². The highest BCUT2D eigenvalue weighted by atomic mass is 14.6. The maximum atomic E-state index is 6.06. The molecule has 2 unspecified atom stereocenters. The fourth-order valence-corrected chi connectivity index (χ4v) is 2.77. The van der Waals surface area contributed by atoms with E-state index in [0.29, 0.717) is 6.04 Å². The Balaban J connectivity index is 1.98. The van der Waals surface area contributed by atoms with Crippen LogP contribution in [0.4, 0.5) is 0 Å². The number of rotatable bonds is 1. The first kappa shape index (κ1) is 11.7. The smallest absolute Gasteiger partial charge is 0.00388 e. The third kappa shape index (κ3) is 3.34. The molecule has 0 aromatic heterocycles. The summed E-state index contributed by atoms with van der Waals surface area (Å²) >= 11 is 0. The van der Waals surface area contributed by atoms with Crippen molar-refractivity contribution < 1.29 is 0 Å². The van der Waals surface area contributed by atoms with E-state index >= 15 is 0 Å². The van der Waals surface area contributed by atoms with Crippen LogP contribution >= 0.6 is 0 Å². The minimum Gasteiger partial charge on any atom is -0.328 e. The second-order valence-electron chi connectivity index (χ2n) is 5.08. The molecule has 2 rings (SSSR count). The van der Waals surface area contributed by atoms with Gasteiger partial charge in [0.25, 0.3) is 0 Å². The molecule has 2 atom stereocenters. The molecule has 1 saturated carbocycles. The van der Waals surface area contributed by atoms with Gasteiger partial charge in [-0.2, -0.15) is 0 Å². The van der Waals surface area contributed by atoms with E-state index in [0.717, 1.165) is 5.92 Å². The summed E-state index contributed by atoms with van der Waals surface area (Å²) in [4.78, 5) is 0. The molecule has 16 heavy (non-hydrogen) atoms. The molecular formula is C15H23N. The van der Waals surface area contributed by atoms with Crippen molar-refractivity contribution >= 4 is 0 Å². The highest BCUT2D eigenvalue weighted by molar-refractivity contribution is 5.19. The molecule has 1 aliphatic rings. The molecule has 1 fully saturated rings. The third-order valence-corrected chi connectivity index (χ3v) is 3.78. The van der Waals surface area contributed by atoms with E-state index in [9.17, 15) is 0 Å². The summed E-state index contributed by atoms with van der Waals surface area (Å²) in [6.45, 7) is 0. The van der Waals surface area contributed by atoms with Crippen LogP contribution in [0.1, 0.15) is 56.4 Å².